The molecule has 0 bridgehead atoms. The molecule has 2 heterocycles. The second-order valence-corrected chi connectivity index (χ2v) is 10.4. The van der Waals surface area contributed by atoms with E-state index in [1.165, 1.54) is 25.1 Å². The molecule has 1 aliphatic rings. The zero-order valence-electron chi connectivity index (χ0n) is 18.7. The number of aromatic nitrogens is 2. The highest BCUT2D eigenvalue weighted by molar-refractivity contribution is 7.89. The summed E-state index contributed by atoms with van der Waals surface area (Å²) in [4.78, 5) is 23.6. The number of aryl methyl sites for hydroxylation is 1. The Kier molecular flexibility index (Phi) is 6.13. The third-order valence-electron chi connectivity index (χ3n) is 5.99. The van der Waals surface area contributed by atoms with Crippen molar-refractivity contribution in [2.75, 3.05) is 6.73 Å². The highest BCUT2D eigenvalue weighted by Gasteiger charge is 2.46. The van der Waals surface area contributed by atoms with Crippen molar-refractivity contribution in [1.82, 2.24) is 14.5 Å². The number of nitrogens with one attached hydrogen (secondary N) is 1. The fourth-order valence-electron chi connectivity index (χ4n) is 4.23. The first-order chi connectivity index (χ1) is 15.9. The largest absolute Gasteiger partial charge is 0.476 e. The van der Waals surface area contributed by atoms with E-state index in [1.54, 1.807) is 26.8 Å². The third-order valence-corrected chi connectivity index (χ3v) is 8.10. The van der Waals surface area contributed by atoms with Crippen molar-refractivity contribution in [3.8, 4) is 5.75 Å². The number of halogens is 2. The number of H-pyrrole nitrogens is 1. The van der Waals surface area contributed by atoms with Gasteiger partial charge in [-0.1, -0.05) is 24.6 Å². The second-order valence-electron chi connectivity index (χ2n) is 8.09. The predicted octanol–water partition coefficient (Wildman–Crippen LogP) is 3.86. The van der Waals surface area contributed by atoms with E-state index in [1.807, 2.05) is 0 Å². The van der Waals surface area contributed by atoms with Crippen molar-refractivity contribution < 1.29 is 26.8 Å². The summed E-state index contributed by atoms with van der Waals surface area (Å²) in [5, 5.41) is 6.09. The molecule has 1 unspecified atom stereocenters. The number of aromatic amines is 1. The molecule has 0 spiro atoms. The van der Waals surface area contributed by atoms with Crippen LogP contribution in [0.1, 0.15) is 58.7 Å². The van der Waals surface area contributed by atoms with E-state index in [0.717, 1.165) is 9.87 Å². The predicted molar refractivity (Wildman–Crippen MR) is 120 cm³/mol. The van der Waals surface area contributed by atoms with Crippen molar-refractivity contribution >= 4 is 27.4 Å². The summed E-state index contributed by atoms with van der Waals surface area (Å²) in [6.07, 6.45) is 0. The average molecular weight is 510 g/mol. The number of hydrogen-bond donors (Lipinski definition) is 1. The lowest BCUT2D eigenvalue weighted by Crippen LogP contribution is -2.43. The molecule has 0 saturated heterocycles. The maximum absolute atomic E-state index is 15.0. The highest BCUT2D eigenvalue weighted by Crippen LogP contribution is 2.45. The average Bonchev–Trinajstić information content (AvgIpc) is 3.17. The molecule has 0 amide bonds. The van der Waals surface area contributed by atoms with E-state index in [-0.39, 0.29) is 32.7 Å². The number of carbonyl (C=O) groups is 1. The number of fused-ring (bicyclic) bond motifs is 1. The quantitative estimate of drug-likeness (QED) is 0.518. The Labute approximate surface area is 199 Å². The summed E-state index contributed by atoms with van der Waals surface area (Å²) in [6, 6.07) is 4.17. The molecule has 0 radical (unpaired) electrons. The van der Waals surface area contributed by atoms with Gasteiger partial charge in [0.05, 0.1) is 0 Å². The number of nitrogens with zero attached hydrogens (tertiary/aromatic N) is 2. The molecule has 0 aliphatic carbocycles. The molecule has 12 heteroatoms. The van der Waals surface area contributed by atoms with Crippen LogP contribution in [-0.4, -0.2) is 35.4 Å². The van der Waals surface area contributed by atoms with Crippen molar-refractivity contribution in [3.05, 3.63) is 73.8 Å². The van der Waals surface area contributed by atoms with Gasteiger partial charge in [0, 0.05) is 22.6 Å². The number of ketones is 1. The van der Waals surface area contributed by atoms with Gasteiger partial charge in [0.1, 0.15) is 22.5 Å². The minimum absolute atomic E-state index is 0.0817. The van der Waals surface area contributed by atoms with Crippen LogP contribution >= 0.6 is 11.6 Å². The summed E-state index contributed by atoms with van der Waals surface area (Å²) in [7, 11) is -4.41. The number of hydrogen-bond acceptors (Lipinski definition) is 7. The van der Waals surface area contributed by atoms with Crippen LogP contribution in [0.2, 0.25) is 5.02 Å². The maximum Gasteiger partial charge on any atom is 0.434 e. The summed E-state index contributed by atoms with van der Waals surface area (Å²) in [6.45, 7) is 5.82. The summed E-state index contributed by atoms with van der Waals surface area (Å²) >= 11 is 6.05. The number of rotatable bonds is 5. The van der Waals surface area contributed by atoms with E-state index in [0.29, 0.717) is 5.56 Å². The first kappa shape index (κ1) is 24.1. The molecular formula is C22H21ClFN3O6S. The van der Waals surface area contributed by atoms with Gasteiger partial charge in [-0.05, 0) is 49.6 Å². The van der Waals surface area contributed by atoms with Crippen molar-refractivity contribution in [3.63, 3.8) is 0 Å². The Hall–Kier alpha value is -3.02. The molecule has 34 heavy (non-hydrogen) atoms. The number of Topliss-reactive ketones (excluding diaryl/α,β-unsaturated/α-hetero) is 1. The van der Waals surface area contributed by atoms with E-state index in [2.05, 4.69) is 10.2 Å². The number of sulfonamides is 1. The molecule has 2 atom stereocenters. The van der Waals surface area contributed by atoms with Gasteiger partial charge in [-0.25, -0.2) is 22.7 Å². The van der Waals surface area contributed by atoms with Crippen LogP contribution in [-0.2, 0) is 10.0 Å². The smallest absolute Gasteiger partial charge is 0.434 e. The Morgan fingerprint density at radius 3 is 2.62 bits per heavy atom. The molecule has 180 valence electrons. The molecule has 4 rings (SSSR count). The highest BCUT2D eigenvalue weighted by atomic mass is 35.5. The van der Waals surface area contributed by atoms with Gasteiger partial charge in [-0.3, -0.25) is 4.79 Å². The number of carbonyl (C=O) groups excluding carboxylic acids is 1. The van der Waals surface area contributed by atoms with E-state index in [9.17, 15) is 22.4 Å². The van der Waals surface area contributed by atoms with Crippen LogP contribution in [0.25, 0.3) is 0 Å². The second kappa shape index (κ2) is 8.64. The number of ether oxygens (including phenoxy) is 1. The summed E-state index contributed by atoms with van der Waals surface area (Å²) < 4.78 is 54.4. The zero-order chi connectivity index (χ0) is 24.9. The van der Waals surface area contributed by atoms with Gasteiger partial charge in [0.25, 0.3) is 10.0 Å². The zero-order valence-corrected chi connectivity index (χ0v) is 20.3. The molecule has 2 aromatic carbocycles. The van der Waals surface area contributed by atoms with Gasteiger partial charge >= 0.3 is 5.76 Å². The molecule has 3 aromatic rings. The number of benzene rings is 2. The molecular weight excluding hydrogens is 489 g/mol. The molecule has 1 aliphatic heterocycles. The molecule has 0 saturated carbocycles. The third kappa shape index (κ3) is 3.93. The maximum atomic E-state index is 15.0. The van der Waals surface area contributed by atoms with Crippen LogP contribution in [0.15, 0.2) is 38.4 Å². The van der Waals surface area contributed by atoms with Crippen LogP contribution in [0, 0.1) is 19.7 Å². The lowest BCUT2D eigenvalue weighted by atomic mass is 9.87. The molecule has 1 N–H and O–H groups in total. The first-order valence-corrected chi connectivity index (χ1v) is 12.1. The first-order valence-electron chi connectivity index (χ1n) is 10.2. The van der Waals surface area contributed by atoms with E-state index < -0.39 is 46.1 Å². The van der Waals surface area contributed by atoms with Gasteiger partial charge < -0.3 is 9.15 Å². The van der Waals surface area contributed by atoms with Gasteiger partial charge in [-0.2, -0.15) is 0 Å². The fourth-order valence-corrected chi connectivity index (χ4v) is 6.29. The molecule has 9 nitrogen and oxygen atoms in total. The van der Waals surface area contributed by atoms with Crippen molar-refractivity contribution in [1.29, 1.82) is 0 Å². The topological polar surface area (TPSA) is 123 Å². The standard InChI is InChI=1S/C22H21ClFN3O6S/c1-10-5-6-16(24)18(11(10)2)12(3)19(21-25-26-22(29)33-21)27-9-32-17-8-14(23)7-15(13(4)28)20(17)34(27,30)31/h5-8,12,19H,9H2,1-4H3,(H,26,29)/t12?,19-/m0/s1. The van der Waals surface area contributed by atoms with Crippen molar-refractivity contribution in [2.45, 2.75) is 44.6 Å². The van der Waals surface area contributed by atoms with Crippen LogP contribution in [0.4, 0.5) is 4.39 Å². The van der Waals surface area contributed by atoms with Crippen molar-refractivity contribution in [2.24, 2.45) is 0 Å². The Morgan fingerprint density at radius 2 is 2.00 bits per heavy atom. The van der Waals surface area contributed by atoms with Crippen LogP contribution in [0.5, 0.6) is 5.75 Å². The van der Waals surface area contributed by atoms with Crippen LogP contribution < -0.4 is 10.5 Å². The monoisotopic (exact) mass is 509 g/mol. The minimum atomic E-state index is -4.41. The molecule has 0 fully saturated rings. The molecule has 1 aromatic heterocycles. The van der Waals surface area contributed by atoms with Crippen LogP contribution in [0.3, 0.4) is 0 Å². The van der Waals surface area contributed by atoms with Gasteiger partial charge in [0.15, 0.2) is 12.5 Å². The SMILES string of the molecule is CC(=O)c1cc(Cl)cc2c1S(=O)(=O)N([C@H](c1n[nH]c(=O)o1)C(C)c1c(F)ccc(C)c1C)CO2. The van der Waals surface area contributed by atoms with Gasteiger partial charge in [0.2, 0.25) is 5.89 Å². The van der Waals surface area contributed by atoms with E-state index >= 15 is 0 Å². The Morgan fingerprint density at radius 1 is 1.29 bits per heavy atom. The Balaban J connectivity index is 1.94. The van der Waals surface area contributed by atoms with E-state index in [4.69, 9.17) is 20.8 Å². The lowest BCUT2D eigenvalue weighted by molar-refractivity contribution is 0.0999. The summed E-state index contributed by atoms with van der Waals surface area (Å²) in [5.74, 6) is -3.21. The van der Waals surface area contributed by atoms with Gasteiger partial charge in [-0.15, -0.1) is 9.40 Å². The fraction of sp³-hybridized carbons (Fsp3) is 0.318. The minimum Gasteiger partial charge on any atom is -0.476 e. The lowest BCUT2D eigenvalue weighted by Gasteiger charge is -2.36. The normalized spacial score (nSPS) is 17.0. The summed E-state index contributed by atoms with van der Waals surface area (Å²) in [5.41, 5.74) is 1.49. The Bertz CT molecular complexity index is 1470.